The number of carbonyl (C=O) groups is 1. The van der Waals surface area contributed by atoms with Gasteiger partial charge in [-0.05, 0) is 55.3 Å². The van der Waals surface area contributed by atoms with Crippen molar-refractivity contribution in [3.63, 3.8) is 0 Å². The molecular formula is C19H23Cl2N3O3S. The SMILES string of the molecule is CC(=O)N1c2cc(NS(C)(=O)=O)ccc2C(Nc2ccc(Cl)cc2)CC1C.Cl. The summed E-state index contributed by atoms with van der Waals surface area (Å²) in [6.45, 7) is 3.50. The first kappa shape index (κ1) is 22.3. The molecule has 0 fully saturated rings. The van der Waals surface area contributed by atoms with Gasteiger partial charge in [-0.25, -0.2) is 8.42 Å². The summed E-state index contributed by atoms with van der Waals surface area (Å²) >= 11 is 5.95. The van der Waals surface area contributed by atoms with Crippen LogP contribution in [0.1, 0.15) is 31.9 Å². The van der Waals surface area contributed by atoms with E-state index >= 15 is 0 Å². The lowest BCUT2D eigenvalue weighted by Gasteiger charge is -2.39. The van der Waals surface area contributed by atoms with E-state index in [-0.39, 0.29) is 30.4 Å². The second-order valence-electron chi connectivity index (χ2n) is 6.83. The van der Waals surface area contributed by atoms with Gasteiger partial charge in [0.15, 0.2) is 0 Å². The van der Waals surface area contributed by atoms with Crippen LogP contribution >= 0.6 is 24.0 Å². The van der Waals surface area contributed by atoms with E-state index < -0.39 is 10.0 Å². The summed E-state index contributed by atoms with van der Waals surface area (Å²) in [5.41, 5.74) is 3.01. The molecule has 0 aliphatic carbocycles. The van der Waals surface area contributed by atoms with Crippen LogP contribution in [-0.4, -0.2) is 26.6 Å². The van der Waals surface area contributed by atoms with Crippen LogP contribution in [-0.2, 0) is 14.8 Å². The predicted molar refractivity (Wildman–Crippen MR) is 117 cm³/mol. The molecule has 0 spiro atoms. The van der Waals surface area contributed by atoms with Gasteiger partial charge in [-0.15, -0.1) is 12.4 Å². The molecule has 1 aliphatic heterocycles. The van der Waals surface area contributed by atoms with Gasteiger partial charge in [0.2, 0.25) is 15.9 Å². The Morgan fingerprint density at radius 2 is 1.75 bits per heavy atom. The first-order valence-corrected chi connectivity index (χ1v) is 10.8. The minimum absolute atomic E-state index is 0. The molecule has 0 radical (unpaired) electrons. The maximum Gasteiger partial charge on any atom is 0.229 e. The number of rotatable bonds is 4. The lowest BCUT2D eigenvalue weighted by Crippen LogP contribution is -2.43. The van der Waals surface area contributed by atoms with Gasteiger partial charge in [0, 0.05) is 23.7 Å². The minimum Gasteiger partial charge on any atom is -0.378 e. The third-order valence-corrected chi connectivity index (χ3v) is 5.37. The number of nitrogens with one attached hydrogen (secondary N) is 2. The van der Waals surface area contributed by atoms with Gasteiger partial charge in [-0.1, -0.05) is 17.7 Å². The van der Waals surface area contributed by atoms with Crippen LogP contribution in [0.25, 0.3) is 0 Å². The Morgan fingerprint density at radius 1 is 1.14 bits per heavy atom. The highest BCUT2D eigenvalue weighted by atomic mass is 35.5. The zero-order valence-electron chi connectivity index (χ0n) is 15.8. The number of nitrogens with zero attached hydrogens (tertiary/aromatic N) is 1. The molecule has 6 nitrogen and oxygen atoms in total. The summed E-state index contributed by atoms with van der Waals surface area (Å²) in [4.78, 5) is 13.9. The molecule has 3 rings (SSSR count). The molecule has 1 amide bonds. The zero-order chi connectivity index (χ0) is 19.8. The molecule has 0 saturated carbocycles. The van der Waals surface area contributed by atoms with E-state index in [9.17, 15) is 13.2 Å². The van der Waals surface area contributed by atoms with Crippen molar-refractivity contribution >= 4 is 57.0 Å². The predicted octanol–water partition coefficient (Wildman–Crippen LogP) is 4.43. The molecular weight excluding hydrogens is 421 g/mol. The normalized spacial score (nSPS) is 18.6. The van der Waals surface area contributed by atoms with Crippen molar-refractivity contribution in [2.75, 3.05) is 21.2 Å². The second-order valence-corrected chi connectivity index (χ2v) is 9.01. The topological polar surface area (TPSA) is 78.5 Å². The molecule has 0 saturated heterocycles. The Balaban J connectivity index is 0.00000280. The van der Waals surface area contributed by atoms with Crippen molar-refractivity contribution in [1.82, 2.24) is 0 Å². The fourth-order valence-electron chi connectivity index (χ4n) is 3.50. The third kappa shape index (κ3) is 5.10. The van der Waals surface area contributed by atoms with E-state index in [4.69, 9.17) is 11.6 Å². The maximum atomic E-state index is 12.2. The van der Waals surface area contributed by atoms with Gasteiger partial charge in [0.1, 0.15) is 0 Å². The van der Waals surface area contributed by atoms with Crippen LogP contribution < -0.4 is 14.9 Å². The molecule has 2 unspecified atom stereocenters. The Labute approximate surface area is 176 Å². The highest BCUT2D eigenvalue weighted by Gasteiger charge is 2.32. The lowest BCUT2D eigenvalue weighted by molar-refractivity contribution is -0.117. The van der Waals surface area contributed by atoms with E-state index in [0.717, 1.165) is 23.9 Å². The lowest BCUT2D eigenvalue weighted by atomic mass is 9.91. The summed E-state index contributed by atoms with van der Waals surface area (Å²) in [5.74, 6) is -0.0785. The van der Waals surface area contributed by atoms with Crippen LogP contribution in [0.15, 0.2) is 42.5 Å². The van der Waals surface area contributed by atoms with Gasteiger partial charge < -0.3 is 10.2 Å². The third-order valence-electron chi connectivity index (χ3n) is 4.51. The van der Waals surface area contributed by atoms with Gasteiger partial charge in [-0.2, -0.15) is 0 Å². The van der Waals surface area contributed by atoms with E-state index in [0.29, 0.717) is 16.4 Å². The fourth-order valence-corrected chi connectivity index (χ4v) is 4.18. The number of anilines is 3. The standard InChI is InChI=1S/C19H22ClN3O3S.ClH/c1-12-10-18(21-15-6-4-14(20)5-7-15)17-9-8-16(22-27(3,25)26)11-19(17)23(12)13(2)24;/h4-9,11-12,18,21-22H,10H2,1-3H3;1H. The van der Waals surface area contributed by atoms with Gasteiger partial charge >= 0.3 is 0 Å². The van der Waals surface area contributed by atoms with Crippen molar-refractivity contribution in [2.24, 2.45) is 0 Å². The number of hydrogen-bond donors (Lipinski definition) is 2. The Bertz CT molecular complexity index is 965. The molecule has 2 aromatic carbocycles. The van der Waals surface area contributed by atoms with Crippen LogP contribution in [0.2, 0.25) is 5.02 Å². The van der Waals surface area contributed by atoms with Gasteiger partial charge in [0.25, 0.3) is 0 Å². The monoisotopic (exact) mass is 443 g/mol. The van der Waals surface area contributed by atoms with E-state index in [1.165, 1.54) is 6.92 Å². The second kappa shape index (κ2) is 8.59. The molecule has 2 atom stereocenters. The van der Waals surface area contributed by atoms with Crippen molar-refractivity contribution in [3.05, 3.63) is 53.1 Å². The molecule has 0 aromatic heterocycles. The quantitative estimate of drug-likeness (QED) is 0.732. The smallest absolute Gasteiger partial charge is 0.229 e. The Hall–Kier alpha value is -1.96. The zero-order valence-corrected chi connectivity index (χ0v) is 18.2. The fraction of sp³-hybridized carbons (Fsp3) is 0.316. The highest BCUT2D eigenvalue weighted by Crippen LogP contribution is 2.40. The molecule has 2 aromatic rings. The summed E-state index contributed by atoms with van der Waals surface area (Å²) in [5, 5.41) is 4.15. The molecule has 2 N–H and O–H groups in total. The van der Waals surface area contributed by atoms with Crippen LogP contribution in [0, 0.1) is 0 Å². The van der Waals surface area contributed by atoms with Crippen LogP contribution in [0.5, 0.6) is 0 Å². The minimum atomic E-state index is -3.40. The van der Waals surface area contributed by atoms with Crippen molar-refractivity contribution in [2.45, 2.75) is 32.4 Å². The van der Waals surface area contributed by atoms with Gasteiger partial charge in [0.05, 0.1) is 23.7 Å². The molecule has 1 heterocycles. The average molecular weight is 444 g/mol. The van der Waals surface area contributed by atoms with Gasteiger partial charge in [-0.3, -0.25) is 9.52 Å². The summed E-state index contributed by atoms with van der Waals surface area (Å²) in [6, 6.07) is 12.7. The van der Waals surface area contributed by atoms with Crippen molar-refractivity contribution in [3.8, 4) is 0 Å². The molecule has 9 heteroatoms. The number of carbonyl (C=O) groups excluding carboxylic acids is 1. The van der Waals surface area contributed by atoms with Crippen molar-refractivity contribution in [1.29, 1.82) is 0 Å². The Kier molecular flexibility index (Phi) is 6.85. The number of benzene rings is 2. The number of fused-ring (bicyclic) bond motifs is 1. The van der Waals surface area contributed by atoms with E-state index in [1.54, 1.807) is 17.0 Å². The summed E-state index contributed by atoms with van der Waals surface area (Å²) in [6.07, 6.45) is 1.83. The van der Waals surface area contributed by atoms with Crippen LogP contribution in [0.3, 0.4) is 0 Å². The summed E-state index contributed by atoms with van der Waals surface area (Å²) < 4.78 is 25.6. The molecule has 152 valence electrons. The molecule has 1 aliphatic rings. The molecule has 28 heavy (non-hydrogen) atoms. The average Bonchev–Trinajstić information content (AvgIpc) is 2.54. The number of sulfonamides is 1. The van der Waals surface area contributed by atoms with E-state index in [1.807, 2.05) is 37.3 Å². The first-order chi connectivity index (χ1) is 12.6. The molecule has 0 bridgehead atoms. The summed E-state index contributed by atoms with van der Waals surface area (Å²) in [7, 11) is -3.40. The number of halogens is 2. The Morgan fingerprint density at radius 3 is 2.32 bits per heavy atom. The number of amides is 1. The van der Waals surface area contributed by atoms with Crippen molar-refractivity contribution < 1.29 is 13.2 Å². The van der Waals surface area contributed by atoms with E-state index in [2.05, 4.69) is 10.0 Å². The van der Waals surface area contributed by atoms with Crippen LogP contribution in [0.4, 0.5) is 17.1 Å². The maximum absolute atomic E-state index is 12.2. The first-order valence-electron chi connectivity index (χ1n) is 8.57. The number of hydrogen-bond acceptors (Lipinski definition) is 4. The largest absolute Gasteiger partial charge is 0.378 e. The highest BCUT2D eigenvalue weighted by molar-refractivity contribution is 7.92.